The molecule has 3 N–H and O–H groups in total. The summed E-state index contributed by atoms with van der Waals surface area (Å²) >= 11 is 0. The van der Waals surface area contributed by atoms with E-state index in [1.54, 1.807) is 6.07 Å². The van der Waals surface area contributed by atoms with E-state index in [-0.39, 0.29) is 16.8 Å². The molecule has 0 spiro atoms. The van der Waals surface area contributed by atoms with Crippen LogP contribution in [0.1, 0.15) is 33.6 Å². The molecule has 0 fully saturated rings. The standard InChI is InChI=1S/C12H21N3O2S/c1-4-9(2)8-10(3)15-18(16,17)11-6-5-7-14-12(11)13/h5-7,9-10,15H,4,8H2,1-3H3,(H2,13,14). The second kappa shape index (κ2) is 6.15. The molecule has 0 aliphatic heterocycles. The van der Waals surface area contributed by atoms with Crippen LogP contribution in [0.25, 0.3) is 0 Å². The van der Waals surface area contributed by atoms with Gasteiger partial charge in [-0.05, 0) is 31.4 Å². The van der Waals surface area contributed by atoms with Crippen molar-refractivity contribution in [3.05, 3.63) is 18.3 Å². The van der Waals surface area contributed by atoms with Gasteiger partial charge in [-0.25, -0.2) is 18.1 Å². The molecule has 1 heterocycles. The highest BCUT2D eigenvalue weighted by Crippen LogP contribution is 2.16. The lowest BCUT2D eigenvalue weighted by atomic mass is 10.0. The zero-order valence-corrected chi connectivity index (χ0v) is 11.9. The number of nitrogens with zero attached hydrogens (tertiary/aromatic N) is 1. The number of nitrogens with two attached hydrogens (primary N) is 1. The normalized spacial score (nSPS) is 15.3. The lowest BCUT2D eigenvalue weighted by Crippen LogP contribution is -2.34. The van der Waals surface area contributed by atoms with Gasteiger partial charge in [0.25, 0.3) is 0 Å². The van der Waals surface area contributed by atoms with Gasteiger partial charge in [-0.15, -0.1) is 0 Å². The molecule has 2 atom stereocenters. The van der Waals surface area contributed by atoms with Crippen molar-refractivity contribution in [1.82, 2.24) is 9.71 Å². The highest BCUT2D eigenvalue weighted by molar-refractivity contribution is 7.89. The molecule has 2 unspecified atom stereocenters. The Bertz CT molecular complexity index is 488. The Morgan fingerprint density at radius 1 is 1.44 bits per heavy atom. The van der Waals surface area contributed by atoms with Crippen LogP contribution in [0, 0.1) is 5.92 Å². The van der Waals surface area contributed by atoms with Crippen LogP contribution < -0.4 is 10.5 Å². The molecule has 0 aromatic carbocycles. The number of sulfonamides is 1. The first-order valence-electron chi connectivity index (χ1n) is 6.09. The highest BCUT2D eigenvalue weighted by Gasteiger charge is 2.21. The number of pyridine rings is 1. The van der Waals surface area contributed by atoms with Gasteiger partial charge in [-0.1, -0.05) is 20.3 Å². The second-order valence-corrected chi connectivity index (χ2v) is 6.34. The molecule has 1 rings (SSSR count). The fourth-order valence-corrected chi connectivity index (χ4v) is 3.12. The Morgan fingerprint density at radius 2 is 2.11 bits per heavy atom. The molecule has 102 valence electrons. The van der Waals surface area contributed by atoms with Gasteiger partial charge in [0.15, 0.2) is 0 Å². The Labute approximate surface area is 109 Å². The maximum absolute atomic E-state index is 12.1. The fourth-order valence-electron chi connectivity index (χ4n) is 1.78. The Kier molecular flexibility index (Phi) is 5.10. The maximum Gasteiger partial charge on any atom is 0.244 e. The van der Waals surface area contributed by atoms with Crippen LogP contribution in [-0.4, -0.2) is 19.4 Å². The summed E-state index contributed by atoms with van der Waals surface area (Å²) in [4.78, 5) is 3.83. The monoisotopic (exact) mass is 271 g/mol. The summed E-state index contributed by atoms with van der Waals surface area (Å²) in [5.74, 6) is 0.509. The van der Waals surface area contributed by atoms with Crippen LogP contribution in [0.2, 0.25) is 0 Å². The number of hydrogen-bond acceptors (Lipinski definition) is 4. The molecule has 0 saturated heterocycles. The Balaban J connectivity index is 2.80. The zero-order valence-electron chi connectivity index (χ0n) is 11.1. The van der Waals surface area contributed by atoms with Gasteiger partial charge < -0.3 is 5.73 Å². The number of aromatic nitrogens is 1. The average Bonchev–Trinajstić information content (AvgIpc) is 2.28. The van der Waals surface area contributed by atoms with Crippen molar-refractivity contribution < 1.29 is 8.42 Å². The number of anilines is 1. The van der Waals surface area contributed by atoms with Gasteiger partial charge in [0.05, 0.1) is 0 Å². The van der Waals surface area contributed by atoms with E-state index in [1.165, 1.54) is 12.3 Å². The van der Waals surface area contributed by atoms with E-state index >= 15 is 0 Å². The molecular weight excluding hydrogens is 250 g/mol. The summed E-state index contributed by atoms with van der Waals surface area (Å²) in [6.45, 7) is 6.05. The van der Waals surface area contributed by atoms with Gasteiger partial charge >= 0.3 is 0 Å². The molecule has 1 aromatic rings. The van der Waals surface area contributed by atoms with Crippen LogP contribution in [0.3, 0.4) is 0 Å². The van der Waals surface area contributed by atoms with E-state index in [0.717, 1.165) is 12.8 Å². The summed E-state index contributed by atoms with van der Waals surface area (Å²) in [5.41, 5.74) is 5.58. The molecule has 18 heavy (non-hydrogen) atoms. The Hall–Kier alpha value is -1.14. The molecule has 0 bridgehead atoms. The second-order valence-electron chi connectivity index (χ2n) is 4.66. The van der Waals surface area contributed by atoms with Gasteiger partial charge in [0.2, 0.25) is 10.0 Å². The lowest BCUT2D eigenvalue weighted by Gasteiger charge is -2.17. The average molecular weight is 271 g/mol. The third-order valence-electron chi connectivity index (χ3n) is 2.90. The number of hydrogen-bond donors (Lipinski definition) is 2. The molecule has 0 saturated carbocycles. The molecule has 0 radical (unpaired) electrons. The third-order valence-corrected chi connectivity index (χ3v) is 4.54. The summed E-state index contributed by atoms with van der Waals surface area (Å²) in [7, 11) is -3.58. The van der Waals surface area contributed by atoms with Crippen LogP contribution in [0.5, 0.6) is 0 Å². The minimum atomic E-state index is -3.58. The molecule has 6 heteroatoms. The van der Waals surface area contributed by atoms with E-state index < -0.39 is 10.0 Å². The molecule has 0 amide bonds. The van der Waals surface area contributed by atoms with E-state index in [0.29, 0.717) is 5.92 Å². The quantitative estimate of drug-likeness (QED) is 0.825. The zero-order chi connectivity index (χ0) is 13.8. The smallest absolute Gasteiger partial charge is 0.244 e. The van der Waals surface area contributed by atoms with Crippen molar-refractivity contribution in [3.8, 4) is 0 Å². The molecule has 0 aliphatic carbocycles. The van der Waals surface area contributed by atoms with E-state index in [1.807, 2.05) is 6.92 Å². The Morgan fingerprint density at radius 3 is 2.67 bits per heavy atom. The largest absolute Gasteiger partial charge is 0.383 e. The van der Waals surface area contributed by atoms with Gasteiger partial charge in [-0.3, -0.25) is 0 Å². The van der Waals surface area contributed by atoms with E-state index in [2.05, 4.69) is 23.6 Å². The van der Waals surface area contributed by atoms with Crippen molar-refractivity contribution in [3.63, 3.8) is 0 Å². The van der Waals surface area contributed by atoms with E-state index in [4.69, 9.17) is 5.73 Å². The van der Waals surface area contributed by atoms with Crippen LogP contribution in [-0.2, 0) is 10.0 Å². The van der Waals surface area contributed by atoms with Crippen molar-refractivity contribution in [2.24, 2.45) is 5.92 Å². The van der Waals surface area contributed by atoms with Gasteiger partial charge in [0.1, 0.15) is 10.7 Å². The van der Waals surface area contributed by atoms with Gasteiger partial charge in [0, 0.05) is 12.2 Å². The SMILES string of the molecule is CCC(C)CC(C)NS(=O)(=O)c1cccnc1N. The summed E-state index contributed by atoms with van der Waals surface area (Å²) in [6.07, 6.45) is 3.30. The molecule has 0 aliphatic rings. The van der Waals surface area contributed by atoms with Crippen LogP contribution in [0.4, 0.5) is 5.82 Å². The molecular formula is C12H21N3O2S. The minimum absolute atomic E-state index is 0.0285. The first-order valence-corrected chi connectivity index (χ1v) is 7.58. The molecule has 1 aromatic heterocycles. The van der Waals surface area contributed by atoms with Crippen molar-refractivity contribution in [2.75, 3.05) is 5.73 Å². The summed E-state index contributed by atoms with van der Waals surface area (Å²) in [5, 5.41) is 0. The van der Waals surface area contributed by atoms with E-state index in [9.17, 15) is 8.42 Å². The topological polar surface area (TPSA) is 85.1 Å². The van der Waals surface area contributed by atoms with Crippen molar-refractivity contribution in [2.45, 2.75) is 44.6 Å². The number of nitrogen functional groups attached to an aromatic ring is 1. The van der Waals surface area contributed by atoms with Crippen molar-refractivity contribution in [1.29, 1.82) is 0 Å². The van der Waals surface area contributed by atoms with Crippen LogP contribution in [0.15, 0.2) is 23.2 Å². The maximum atomic E-state index is 12.1. The predicted octanol–water partition coefficient (Wildman–Crippen LogP) is 1.77. The molecule has 5 nitrogen and oxygen atoms in total. The lowest BCUT2D eigenvalue weighted by molar-refractivity contribution is 0.445. The van der Waals surface area contributed by atoms with Gasteiger partial charge in [-0.2, -0.15) is 0 Å². The minimum Gasteiger partial charge on any atom is -0.383 e. The van der Waals surface area contributed by atoms with Crippen molar-refractivity contribution >= 4 is 15.8 Å². The number of rotatable bonds is 6. The third kappa shape index (κ3) is 3.96. The first kappa shape index (κ1) is 14.9. The van der Waals surface area contributed by atoms with Crippen LogP contribution >= 0.6 is 0 Å². The first-order chi connectivity index (χ1) is 8.36. The number of nitrogens with one attached hydrogen (secondary N) is 1. The fraction of sp³-hybridized carbons (Fsp3) is 0.583. The summed E-state index contributed by atoms with van der Waals surface area (Å²) < 4.78 is 26.8. The summed E-state index contributed by atoms with van der Waals surface area (Å²) in [6, 6.07) is 2.90. The predicted molar refractivity (Wildman–Crippen MR) is 72.5 cm³/mol. The highest BCUT2D eigenvalue weighted by atomic mass is 32.2.